The van der Waals surface area contributed by atoms with Crippen molar-refractivity contribution in [1.29, 1.82) is 0 Å². The van der Waals surface area contributed by atoms with E-state index in [1.165, 1.54) is 0 Å². The summed E-state index contributed by atoms with van der Waals surface area (Å²) in [7, 11) is 0. The third kappa shape index (κ3) is 5.31. The Hall–Kier alpha value is 1.64. The van der Waals surface area contributed by atoms with Crippen molar-refractivity contribution in [3.8, 4) is 0 Å². The van der Waals surface area contributed by atoms with Crippen LogP contribution in [0.1, 0.15) is 0 Å². The van der Waals surface area contributed by atoms with Crippen LogP contribution in [0.25, 0.3) is 0 Å². The standard InChI is InChI=1S/C6H4Br2.2HI/c7-5-1-2-6(8)4-3-5;;/h1-4H;2*1H. The summed E-state index contributed by atoms with van der Waals surface area (Å²) in [5.74, 6) is 0. The average Bonchev–Trinajstić information content (AvgIpc) is 1.77. The second-order valence-corrected chi connectivity index (χ2v) is 3.27. The van der Waals surface area contributed by atoms with Crippen LogP contribution in [0.4, 0.5) is 0 Å². The minimum atomic E-state index is 0. The van der Waals surface area contributed by atoms with Crippen LogP contribution in [0.3, 0.4) is 0 Å². The minimum Gasteiger partial charge on any atom is -0.107 e. The second kappa shape index (κ2) is 7.30. The summed E-state index contributed by atoms with van der Waals surface area (Å²) >= 11 is 6.65. The highest BCUT2D eigenvalue weighted by Crippen LogP contribution is 2.13. The summed E-state index contributed by atoms with van der Waals surface area (Å²) in [4.78, 5) is 0. The van der Waals surface area contributed by atoms with Gasteiger partial charge in [0, 0.05) is 8.95 Å². The van der Waals surface area contributed by atoms with Crippen LogP contribution in [-0.2, 0) is 0 Å². The Morgan fingerprint density at radius 1 is 0.700 bits per heavy atom. The average molecular weight is 492 g/mol. The maximum absolute atomic E-state index is 3.32. The maximum Gasteiger partial charge on any atom is 0.0176 e. The van der Waals surface area contributed by atoms with Gasteiger partial charge in [0.1, 0.15) is 0 Å². The van der Waals surface area contributed by atoms with Crippen LogP contribution in [0.2, 0.25) is 0 Å². The van der Waals surface area contributed by atoms with Gasteiger partial charge in [0.15, 0.2) is 0 Å². The Morgan fingerprint density at radius 3 is 1.10 bits per heavy atom. The topological polar surface area (TPSA) is 0 Å². The van der Waals surface area contributed by atoms with Crippen molar-refractivity contribution >= 4 is 79.8 Å². The number of rotatable bonds is 0. The van der Waals surface area contributed by atoms with Gasteiger partial charge in [0.25, 0.3) is 0 Å². The molecule has 0 spiro atoms. The largest absolute Gasteiger partial charge is 0.107 e. The van der Waals surface area contributed by atoms with Gasteiger partial charge in [-0.1, -0.05) is 31.9 Å². The number of hydrogen-bond donors (Lipinski definition) is 0. The molecule has 0 aromatic heterocycles. The van der Waals surface area contributed by atoms with Gasteiger partial charge in [0.2, 0.25) is 0 Å². The molecular weight excluding hydrogens is 486 g/mol. The van der Waals surface area contributed by atoms with Crippen molar-refractivity contribution in [2.24, 2.45) is 0 Å². The van der Waals surface area contributed by atoms with Crippen LogP contribution in [-0.4, -0.2) is 0 Å². The van der Waals surface area contributed by atoms with Gasteiger partial charge in [-0.2, -0.15) is 0 Å². The molecule has 0 bridgehead atoms. The van der Waals surface area contributed by atoms with E-state index < -0.39 is 0 Å². The molecule has 0 saturated heterocycles. The first-order valence-electron chi connectivity index (χ1n) is 2.20. The molecule has 0 nitrogen and oxygen atoms in total. The molecule has 0 aliphatic rings. The highest BCUT2D eigenvalue weighted by atomic mass is 127. The molecule has 0 N–H and O–H groups in total. The molecule has 1 rings (SSSR count). The number of halogens is 4. The fraction of sp³-hybridized carbons (Fsp3) is 0. The highest BCUT2D eigenvalue weighted by molar-refractivity contribution is 14.0. The molecule has 0 unspecified atom stereocenters. The van der Waals surface area contributed by atoms with Crippen LogP contribution in [0, 0.1) is 0 Å². The molecule has 58 valence electrons. The summed E-state index contributed by atoms with van der Waals surface area (Å²) < 4.78 is 2.22. The van der Waals surface area contributed by atoms with Gasteiger partial charge in [-0.25, -0.2) is 0 Å². The van der Waals surface area contributed by atoms with E-state index in [4.69, 9.17) is 0 Å². The predicted molar refractivity (Wildman–Crippen MR) is 72.7 cm³/mol. The maximum atomic E-state index is 3.32. The summed E-state index contributed by atoms with van der Waals surface area (Å²) in [5, 5.41) is 0. The summed E-state index contributed by atoms with van der Waals surface area (Å²) in [5.41, 5.74) is 0. The molecule has 0 aliphatic carbocycles. The lowest BCUT2D eigenvalue weighted by atomic mass is 10.4. The van der Waals surface area contributed by atoms with E-state index in [9.17, 15) is 0 Å². The van der Waals surface area contributed by atoms with Crippen molar-refractivity contribution in [2.75, 3.05) is 0 Å². The first-order valence-corrected chi connectivity index (χ1v) is 3.79. The minimum absolute atomic E-state index is 0. The molecule has 1 aromatic carbocycles. The molecule has 0 atom stereocenters. The fourth-order valence-corrected chi connectivity index (χ4v) is 0.958. The first kappa shape index (κ1) is 14.2. The summed E-state index contributed by atoms with van der Waals surface area (Å²) in [6.07, 6.45) is 0. The third-order valence-electron chi connectivity index (χ3n) is 0.804. The molecule has 0 aliphatic heterocycles. The highest BCUT2D eigenvalue weighted by Gasteiger charge is 1.83. The van der Waals surface area contributed by atoms with Crippen LogP contribution >= 0.6 is 79.8 Å². The van der Waals surface area contributed by atoms with E-state index >= 15 is 0 Å². The van der Waals surface area contributed by atoms with Gasteiger partial charge >= 0.3 is 0 Å². The Bertz CT molecular complexity index is 153. The zero-order valence-electron chi connectivity index (χ0n) is 4.88. The third-order valence-corrected chi connectivity index (χ3v) is 1.86. The first-order chi connectivity index (χ1) is 3.79. The fourth-order valence-electron chi connectivity index (χ4n) is 0.430. The molecule has 10 heavy (non-hydrogen) atoms. The van der Waals surface area contributed by atoms with Crippen LogP contribution < -0.4 is 0 Å². The molecule has 0 heterocycles. The molecule has 0 saturated carbocycles. The van der Waals surface area contributed by atoms with Gasteiger partial charge in [-0.05, 0) is 24.3 Å². The lowest BCUT2D eigenvalue weighted by molar-refractivity contribution is 1.61. The van der Waals surface area contributed by atoms with E-state index in [2.05, 4.69) is 31.9 Å². The monoisotopic (exact) mass is 490 g/mol. The van der Waals surface area contributed by atoms with Crippen LogP contribution in [0.5, 0.6) is 0 Å². The Morgan fingerprint density at radius 2 is 0.900 bits per heavy atom. The van der Waals surface area contributed by atoms with E-state index in [0.29, 0.717) is 0 Å². The Labute approximate surface area is 111 Å². The van der Waals surface area contributed by atoms with Crippen molar-refractivity contribution in [3.05, 3.63) is 33.2 Å². The van der Waals surface area contributed by atoms with E-state index in [0.717, 1.165) is 8.95 Å². The van der Waals surface area contributed by atoms with Crippen molar-refractivity contribution in [2.45, 2.75) is 0 Å². The van der Waals surface area contributed by atoms with Gasteiger partial charge in [-0.3, -0.25) is 0 Å². The normalized spacial score (nSPS) is 7.40. The molecule has 0 fully saturated rings. The van der Waals surface area contributed by atoms with E-state index in [1.807, 2.05) is 24.3 Å². The Balaban J connectivity index is 0. The zero-order chi connectivity index (χ0) is 5.98. The zero-order valence-corrected chi connectivity index (χ0v) is 12.7. The quantitative estimate of drug-likeness (QED) is 0.471. The molecular formula is C6H6Br2I2. The lowest BCUT2D eigenvalue weighted by Gasteiger charge is -1.86. The van der Waals surface area contributed by atoms with Crippen molar-refractivity contribution < 1.29 is 0 Å². The second-order valence-electron chi connectivity index (χ2n) is 1.44. The molecule has 4 heteroatoms. The van der Waals surface area contributed by atoms with Crippen LogP contribution in [0.15, 0.2) is 33.2 Å². The van der Waals surface area contributed by atoms with Gasteiger partial charge in [0.05, 0.1) is 0 Å². The van der Waals surface area contributed by atoms with Crippen molar-refractivity contribution in [1.82, 2.24) is 0 Å². The van der Waals surface area contributed by atoms with Crippen molar-refractivity contribution in [3.63, 3.8) is 0 Å². The predicted octanol–water partition coefficient (Wildman–Crippen LogP) is 4.45. The Kier molecular flexibility index (Phi) is 10.3. The molecule has 0 amide bonds. The van der Waals surface area contributed by atoms with E-state index in [1.54, 1.807) is 0 Å². The van der Waals surface area contributed by atoms with E-state index in [-0.39, 0.29) is 48.0 Å². The van der Waals surface area contributed by atoms with Gasteiger partial charge < -0.3 is 0 Å². The number of hydrogen-bond acceptors (Lipinski definition) is 0. The van der Waals surface area contributed by atoms with Gasteiger partial charge in [-0.15, -0.1) is 48.0 Å². The smallest absolute Gasteiger partial charge is 0.0176 e. The molecule has 0 radical (unpaired) electrons. The number of benzene rings is 1. The summed E-state index contributed by atoms with van der Waals surface area (Å²) in [6.45, 7) is 0. The molecule has 1 aromatic rings. The SMILES string of the molecule is Brc1ccc(Br)cc1.I.I. The summed E-state index contributed by atoms with van der Waals surface area (Å²) in [6, 6.07) is 7.96. The lowest BCUT2D eigenvalue weighted by Crippen LogP contribution is -1.61.